The molecule has 1 fully saturated rings. The van der Waals surface area contributed by atoms with Crippen molar-refractivity contribution in [3.05, 3.63) is 71.3 Å². The standard InChI is InChI=1S/C18H17F2NO3/c19-12-6-7-15(20)14(8-12)16-9-13(22)10-21(16)18(24)17(23)11-4-2-1-3-5-11/h1-8,13,16-17,22-23H,9-10H2/t13?,16?,17-/m0/s1. The topological polar surface area (TPSA) is 60.8 Å². The van der Waals surface area contributed by atoms with Crippen molar-refractivity contribution in [2.45, 2.75) is 24.7 Å². The Morgan fingerprint density at radius 1 is 1.17 bits per heavy atom. The van der Waals surface area contributed by atoms with E-state index in [1.165, 1.54) is 4.90 Å². The van der Waals surface area contributed by atoms with E-state index >= 15 is 0 Å². The molecule has 3 atom stereocenters. The Morgan fingerprint density at radius 3 is 2.58 bits per heavy atom. The monoisotopic (exact) mass is 333 g/mol. The second-order valence-corrected chi connectivity index (χ2v) is 5.87. The van der Waals surface area contributed by atoms with Crippen LogP contribution in [0.25, 0.3) is 0 Å². The van der Waals surface area contributed by atoms with E-state index in [4.69, 9.17) is 0 Å². The Bertz CT molecular complexity index is 738. The van der Waals surface area contributed by atoms with Gasteiger partial charge in [0.05, 0.1) is 12.1 Å². The van der Waals surface area contributed by atoms with Crippen LogP contribution in [0.5, 0.6) is 0 Å². The summed E-state index contributed by atoms with van der Waals surface area (Å²) >= 11 is 0. The van der Waals surface area contributed by atoms with Crippen LogP contribution >= 0.6 is 0 Å². The SMILES string of the molecule is O=C([C@@H](O)c1ccccc1)N1CC(O)CC1c1cc(F)ccc1F. The van der Waals surface area contributed by atoms with Gasteiger partial charge in [0.15, 0.2) is 6.10 Å². The van der Waals surface area contributed by atoms with Crippen LogP contribution in [0.2, 0.25) is 0 Å². The van der Waals surface area contributed by atoms with Crippen molar-refractivity contribution in [3.8, 4) is 0 Å². The molecule has 2 N–H and O–H groups in total. The van der Waals surface area contributed by atoms with Crippen molar-refractivity contribution >= 4 is 5.91 Å². The number of likely N-dealkylation sites (tertiary alicyclic amines) is 1. The van der Waals surface area contributed by atoms with Gasteiger partial charge < -0.3 is 15.1 Å². The Hall–Kier alpha value is -2.31. The van der Waals surface area contributed by atoms with Gasteiger partial charge in [-0.25, -0.2) is 8.78 Å². The zero-order valence-corrected chi connectivity index (χ0v) is 12.8. The number of rotatable bonds is 3. The molecule has 0 aliphatic carbocycles. The minimum absolute atomic E-state index is 0.000150. The molecule has 1 aliphatic heterocycles. The first kappa shape index (κ1) is 16.5. The number of aliphatic hydroxyl groups excluding tert-OH is 2. The zero-order valence-electron chi connectivity index (χ0n) is 12.8. The van der Waals surface area contributed by atoms with Crippen molar-refractivity contribution in [2.24, 2.45) is 0 Å². The molecule has 1 heterocycles. The number of carbonyl (C=O) groups excluding carboxylic acids is 1. The van der Waals surface area contributed by atoms with Crippen LogP contribution in [0.4, 0.5) is 8.78 Å². The molecular weight excluding hydrogens is 316 g/mol. The minimum Gasteiger partial charge on any atom is -0.391 e. The zero-order chi connectivity index (χ0) is 17.3. The van der Waals surface area contributed by atoms with Gasteiger partial charge in [0, 0.05) is 12.1 Å². The molecule has 1 saturated heterocycles. The van der Waals surface area contributed by atoms with Crippen molar-refractivity contribution in [3.63, 3.8) is 0 Å². The first-order valence-corrected chi connectivity index (χ1v) is 7.64. The molecule has 2 aromatic rings. The summed E-state index contributed by atoms with van der Waals surface area (Å²) in [5.41, 5.74) is 0.405. The van der Waals surface area contributed by atoms with Gasteiger partial charge in [0.25, 0.3) is 5.91 Å². The molecule has 1 aliphatic rings. The quantitative estimate of drug-likeness (QED) is 0.906. The van der Waals surface area contributed by atoms with E-state index in [0.717, 1.165) is 18.2 Å². The van der Waals surface area contributed by atoms with Crippen molar-refractivity contribution in [1.29, 1.82) is 0 Å². The van der Waals surface area contributed by atoms with Crippen LogP contribution in [0, 0.1) is 11.6 Å². The second kappa shape index (κ2) is 6.67. The van der Waals surface area contributed by atoms with Gasteiger partial charge in [-0.15, -0.1) is 0 Å². The largest absolute Gasteiger partial charge is 0.391 e. The van der Waals surface area contributed by atoms with Crippen molar-refractivity contribution in [2.75, 3.05) is 6.54 Å². The number of benzene rings is 2. The molecule has 24 heavy (non-hydrogen) atoms. The van der Waals surface area contributed by atoms with Crippen molar-refractivity contribution < 1.29 is 23.8 Å². The van der Waals surface area contributed by atoms with E-state index in [2.05, 4.69) is 0 Å². The lowest BCUT2D eigenvalue weighted by atomic mass is 10.0. The summed E-state index contributed by atoms with van der Waals surface area (Å²) in [6.07, 6.45) is -2.19. The summed E-state index contributed by atoms with van der Waals surface area (Å²) in [6, 6.07) is 10.5. The highest BCUT2D eigenvalue weighted by molar-refractivity contribution is 5.83. The molecule has 3 rings (SSSR count). The third kappa shape index (κ3) is 3.16. The van der Waals surface area contributed by atoms with Gasteiger partial charge in [-0.2, -0.15) is 0 Å². The fourth-order valence-corrected chi connectivity index (χ4v) is 3.06. The normalized spacial score (nSPS) is 21.8. The summed E-state index contributed by atoms with van der Waals surface area (Å²) in [5, 5.41) is 20.2. The van der Waals surface area contributed by atoms with Gasteiger partial charge in [-0.05, 0) is 30.2 Å². The van der Waals surface area contributed by atoms with E-state index < -0.39 is 35.8 Å². The average Bonchev–Trinajstić information content (AvgIpc) is 2.98. The second-order valence-electron chi connectivity index (χ2n) is 5.87. The molecule has 126 valence electrons. The first-order valence-electron chi connectivity index (χ1n) is 7.64. The van der Waals surface area contributed by atoms with E-state index in [9.17, 15) is 23.8 Å². The highest BCUT2D eigenvalue weighted by Gasteiger charge is 2.39. The lowest BCUT2D eigenvalue weighted by molar-refractivity contribution is -0.141. The Morgan fingerprint density at radius 2 is 1.88 bits per heavy atom. The number of aliphatic hydroxyl groups is 2. The van der Waals surface area contributed by atoms with Gasteiger partial charge in [0.1, 0.15) is 11.6 Å². The van der Waals surface area contributed by atoms with Gasteiger partial charge in [-0.1, -0.05) is 30.3 Å². The number of hydrogen-bond acceptors (Lipinski definition) is 3. The molecule has 0 aromatic heterocycles. The van der Waals surface area contributed by atoms with Crippen LogP contribution in [0.3, 0.4) is 0 Å². The van der Waals surface area contributed by atoms with E-state index in [-0.39, 0.29) is 18.5 Å². The Kier molecular flexibility index (Phi) is 4.59. The van der Waals surface area contributed by atoms with E-state index in [0.29, 0.717) is 5.56 Å². The summed E-state index contributed by atoms with van der Waals surface area (Å²) in [7, 11) is 0. The number of halogens is 2. The molecular formula is C18H17F2NO3. The maximum atomic E-state index is 14.1. The fourth-order valence-electron chi connectivity index (χ4n) is 3.06. The highest BCUT2D eigenvalue weighted by atomic mass is 19.1. The molecule has 0 saturated carbocycles. The summed E-state index contributed by atoms with van der Waals surface area (Å²) in [6.45, 7) is -0.0383. The van der Waals surface area contributed by atoms with Gasteiger partial charge >= 0.3 is 0 Å². The van der Waals surface area contributed by atoms with E-state index in [1.807, 2.05) is 0 Å². The summed E-state index contributed by atoms with van der Waals surface area (Å²) in [5.74, 6) is -1.92. The number of β-amino-alcohol motifs (C(OH)–C–C–N with tert-alkyl or cyclic N) is 1. The molecule has 4 nitrogen and oxygen atoms in total. The number of nitrogens with zero attached hydrogens (tertiary/aromatic N) is 1. The minimum atomic E-state index is -1.42. The van der Waals surface area contributed by atoms with E-state index in [1.54, 1.807) is 30.3 Å². The molecule has 0 radical (unpaired) electrons. The molecule has 2 unspecified atom stereocenters. The number of carbonyl (C=O) groups is 1. The van der Waals surface area contributed by atoms with Gasteiger partial charge in [-0.3, -0.25) is 4.79 Å². The van der Waals surface area contributed by atoms with Crippen molar-refractivity contribution in [1.82, 2.24) is 4.90 Å². The van der Waals surface area contributed by atoms with Crippen LogP contribution in [0.15, 0.2) is 48.5 Å². The molecule has 6 heteroatoms. The number of hydrogen-bond donors (Lipinski definition) is 2. The number of amides is 1. The Balaban J connectivity index is 1.90. The fraction of sp³-hybridized carbons (Fsp3) is 0.278. The lowest BCUT2D eigenvalue weighted by Crippen LogP contribution is -2.36. The molecule has 2 aromatic carbocycles. The first-order chi connectivity index (χ1) is 11.5. The Labute approximate surface area is 138 Å². The van der Waals surface area contributed by atoms with Crippen LogP contribution < -0.4 is 0 Å². The predicted octanol–water partition coefficient (Wildman–Crippen LogP) is 2.33. The highest BCUT2D eigenvalue weighted by Crippen LogP contribution is 2.35. The molecule has 0 bridgehead atoms. The summed E-state index contributed by atoms with van der Waals surface area (Å²) < 4.78 is 27.5. The smallest absolute Gasteiger partial charge is 0.256 e. The maximum absolute atomic E-state index is 14.1. The summed E-state index contributed by atoms with van der Waals surface area (Å²) in [4.78, 5) is 13.8. The molecule has 1 amide bonds. The average molecular weight is 333 g/mol. The molecule has 0 spiro atoms. The van der Waals surface area contributed by atoms with Crippen LogP contribution in [-0.2, 0) is 4.79 Å². The van der Waals surface area contributed by atoms with Crippen LogP contribution in [0.1, 0.15) is 29.7 Å². The van der Waals surface area contributed by atoms with Gasteiger partial charge in [0.2, 0.25) is 0 Å². The third-order valence-electron chi connectivity index (χ3n) is 4.23. The predicted molar refractivity (Wildman–Crippen MR) is 82.8 cm³/mol. The maximum Gasteiger partial charge on any atom is 0.256 e. The third-order valence-corrected chi connectivity index (χ3v) is 4.23. The lowest BCUT2D eigenvalue weighted by Gasteiger charge is -2.27. The van der Waals surface area contributed by atoms with Crippen LogP contribution in [-0.4, -0.2) is 33.7 Å².